The molecule has 0 saturated carbocycles. The Bertz CT molecular complexity index is 1040. The maximum atomic E-state index is 14.5. The Kier molecular flexibility index (Phi) is 4.65. The third kappa shape index (κ3) is 3.33. The van der Waals surface area contributed by atoms with Crippen molar-refractivity contribution in [1.82, 2.24) is 9.78 Å². The molecule has 1 aliphatic rings. The molecule has 2 aromatic carbocycles. The van der Waals surface area contributed by atoms with Crippen LogP contribution in [0.15, 0.2) is 42.5 Å². The number of thioether (sulfide) groups is 1. The van der Waals surface area contributed by atoms with Gasteiger partial charge in [-0.05, 0) is 37.3 Å². The average molecular weight is 406 g/mol. The summed E-state index contributed by atoms with van der Waals surface area (Å²) in [6, 6.07) is 10.5. The molecular formula is C19H14ClF2N3OS. The standard InChI is InChI=1S/C19H14ClF2N3OS/c1-10-17-18(14-7-4-12(21)8-15(14)22)27-9-16(26)23-19(17)25(24-10)13-5-2-11(20)3-6-13/h2-8,18H,9H2,1H3,(H,23,26)/t18-/m1/s1. The molecule has 4 nitrogen and oxygen atoms in total. The zero-order valence-corrected chi connectivity index (χ0v) is 15.7. The van der Waals surface area contributed by atoms with Crippen molar-refractivity contribution in [3.05, 3.63) is 75.9 Å². The fourth-order valence-electron chi connectivity index (χ4n) is 3.11. The van der Waals surface area contributed by atoms with E-state index < -0.39 is 16.9 Å². The number of hydrogen-bond donors (Lipinski definition) is 1. The molecule has 0 spiro atoms. The van der Waals surface area contributed by atoms with Crippen LogP contribution in [-0.4, -0.2) is 21.4 Å². The number of carbonyl (C=O) groups excluding carboxylic acids is 1. The number of hydrogen-bond acceptors (Lipinski definition) is 3. The number of halogens is 3. The van der Waals surface area contributed by atoms with Gasteiger partial charge in [-0.3, -0.25) is 4.79 Å². The molecular weight excluding hydrogens is 392 g/mol. The fourth-order valence-corrected chi connectivity index (χ4v) is 4.45. The van der Waals surface area contributed by atoms with Crippen LogP contribution in [0.5, 0.6) is 0 Å². The summed E-state index contributed by atoms with van der Waals surface area (Å²) in [4.78, 5) is 12.3. The molecule has 1 aromatic heterocycles. The first-order valence-electron chi connectivity index (χ1n) is 8.16. The lowest BCUT2D eigenvalue weighted by Gasteiger charge is -2.16. The molecule has 0 saturated heterocycles. The SMILES string of the molecule is Cc1nn(-c2ccc(Cl)cc2)c2c1[C@@H](c1ccc(F)cc1F)SCC(=O)N2. The zero-order valence-electron chi connectivity index (χ0n) is 14.2. The molecule has 138 valence electrons. The van der Waals surface area contributed by atoms with Crippen molar-refractivity contribution in [2.45, 2.75) is 12.2 Å². The second kappa shape index (κ2) is 6.98. The quantitative estimate of drug-likeness (QED) is 0.660. The number of rotatable bonds is 2. The summed E-state index contributed by atoms with van der Waals surface area (Å²) in [5.41, 5.74) is 2.39. The Morgan fingerprint density at radius 1 is 1.22 bits per heavy atom. The van der Waals surface area contributed by atoms with Gasteiger partial charge in [0, 0.05) is 22.2 Å². The Morgan fingerprint density at radius 2 is 1.96 bits per heavy atom. The van der Waals surface area contributed by atoms with Gasteiger partial charge < -0.3 is 5.32 Å². The van der Waals surface area contributed by atoms with Crippen molar-refractivity contribution in [2.75, 3.05) is 11.1 Å². The normalized spacial score (nSPS) is 16.6. The molecule has 8 heteroatoms. The first-order chi connectivity index (χ1) is 12.9. The topological polar surface area (TPSA) is 46.9 Å². The summed E-state index contributed by atoms with van der Waals surface area (Å²) in [6.07, 6.45) is 0. The Hall–Kier alpha value is -2.38. The molecule has 0 unspecified atom stereocenters. The van der Waals surface area contributed by atoms with E-state index in [1.807, 2.05) is 0 Å². The average Bonchev–Trinajstić information content (AvgIpc) is 2.83. The van der Waals surface area contributed by atoms with E-state index in [0.29, 0.717) is 33.3 Å². The molecule has 0 radical (unpaired) electrons. The largest absolute Gasteiger partial charge is 0.310 e. The van der Waals surface area contributed by atoms with Gasteiger partial charge in [0.15, 0.2) is 0 Å². The van der Waals surface area contributed by atoms with Crippen molar-refractivity contribution in [2.24, 2.45) is 0 Å². The molecule has 1 atom stereocenters. The van der Waals surface area contributed by atoms with Gasteiger partial charge in [-0.25, -0.2) is 13.5 Å². The van der Waals surface area contributed by atoms with E-state index in [1.54, 1.807) is 35.9 Å². The molecule has 27 heavy (non-hydrogen) atoms. The highest BCUT2D eigenvalue weighted by atomic mass is 35.5. The molecule has 3 aromatic rings. The molecule has 0 aliphatic carbocycles. The molecule has 1 amide bonds. The van der Waals surface area contributed by atoms with Gasteiger partial charge >= 0.3 is 0 Å². The smallest absolute Gasteiger partial charge is 0.235 e. The summed E-state index contributed by atoms with van der Waals surface area (Å²) >= 11 is 7.24. The number of anilines is 1. The second-order valence-corrected chi connectivity index (χ2v) is 7.67. The van der Waals surface area contributed by atoms with Crippen LogP contribution in [0.2, 0.25) is 5.02 Å². The van der Waals surface area contributed by atoms with E-state index in [-0.39, 0.29) is 11.7 Å². The molecule has 1 aliphatic heterocycles. The number of benzene rings is 2. The first kappa shape index (κ1) is 18.0. The molecule has 1 N–H and O–H groups in total. The van der Waals surface area contributed by atoms with Crippen LogP contribution >= 0.6 is 23.4 Å². The predicted octanol–water partition coefficient (Wildman–Crippen LogP) is 4.89. The van der Waals surface area contributed by atoms with Crippen molar-refractivity contribution in [3.63, 3.8) is 0 Å². The maximum absolute atomic E-state index is 14.5. The van der Waals surface area contributed by atoms with E-state index in [4.69, 9.17) is 11.6 Å². The minimum atomic E-state index is -0.647. The lowest BCUT2D eigenvalue weighted by atomic mass is 10.0. The first-order valence-corrected chi connectivity index (χ1v) is 9.58. The van der Waals surface area contributed by atoms with E-state index >= 15 is 0 Å². The second-order valence-electron chi connectivity index (χ2n) is 6.14. The summed E-state index contributed by atoms with van der Waals surface area (Å²) < 4.78 is 29.4. The van der Waals surface area contributed by atoms with E-state index in [1.165, 1.54) is 23.9 Å². The van der Waals surface area contributed by atoms with E-state index in [0.717, 1.165) is 6.07 Å². The van der Waals surface area contributed by atoms with Gasteiger partial charge in [0.2, 0.25) is 5.91 Å². The van der Waals surface area contributed by atoms with Gasteiger partial charge in [-0.2, -0.15) is 5.10 Å². The van der Waals surface area contributed by atoms with Crippen molar-refractivity contribution < 1.29 is 13.6 Å². The molecule has 4 rings (SSSR count). The van der Waals surface area contributed by atoms with Gasteiger partial charge in [0.25, 0.3) is 0 Å². The number of aryl methyl sites for hydroxylation is 1. The number of amides is 1. The van der Waals surface area contributed by atoms with Gasteiger partial charge in [-0.1, -0.05) is 17.7 Å². The van der Waals surface area contributed by atoms with Crippen LogP contribution in [0.25, 0.3) is 5.69 Å². The Labute approximate surface area is 163 Å². The van der Waals surface area contributed by atoms with Crippen molar-refractivity contribution in [3.8, 4) is 5.69 Å². The third-order valence-corrected chi connectivity index (χ3v) is 5.83. The minimum Gasteiger partial charge on any atom is -0.310 e. The van der Waals surface area contributed by atoms with Crippen LogP contribution in [0.4, 0.5) is 14.6 Å². The highest BCUT2D eigenvalue weighted by Gasteiger charge is 2.32. The summed E-state index contributed by atoms with van der Waals surface area (Å²) in [7, 11) is 0. The fraction of sp³-hybridized carbons (Fsp3) is 0.158. The van der Waals surface area contributed by atoms with Crippen molar-refractivity contribution >= 4 is 35.1 Å². The molecule has 0 bridgehead atoms. The lowest BCUT2D eigenvalue weighted by molar-refractivity contribution is -0.113. The number of fused-ring (bicyclic) bond motifs is 1. The van der Waals surface area contributed by atoms with Crippen LogP contribution in [0.3, 0.4) is 0 Å². The summed E-state index contributed by atoms with van der Waals surface area (Å²) in [5, 5.41) is 7.50. The third-order valence-electron chi connectivity index (χ3n) is 4.32. The maximum Gasteiger partial charge on any atom is 0.235 e. The van der Waals surface area contributed by atoms with Crippen LogP contribution in [0.1, 0.15) is 22.1 Å². The number of carbonyl (C=O) groups is 1. The van der Waals surface area contributed by atoms with Crippen LogP contribution < -0.4 is 5.32 Å². The minimum absolute atomic E-state index is 0.149. The number of aromatic nitrogens is 2. The van der Waals surface area contributed by atoms with Gasteiger partial charge in [0.1, 0.15) is 17.5 Å². The summed E-state index contributed by atoms with van der Waals surface area (Å²) in [6.45, 7) is 1.80. The predicted molar refractivity (Wildman–Crippen MR) is 103 cm³/mol. The summed E-state index contributed by atoms with van der Waals surface area (Å²) in [5.74, 6) is -0.861. The molecule has 2 heterocycles. The van der Waals surface area contributed by atoms with Gasteiger partial charge in [0.05, 0.1) is 22.4 Å². The van der Waals surface area contributed by atoms with E-state index in [9.17, 15) is 13.6 Å². The Morgan fingerprint density at radius 3 is 2.67 bits per heavy atom. The van der Waals surface area contributed by atoms with Crippen LogP contribution in [-0.2, 0) is 4.79 Å². The van der Waals surface area contributed by atoms with Gasteiger partial charge in [-0.15, -0.1) is 11.8 Å². The zero-order chi connectivity index (χ0) is 19.1. The number of nitrogens with zero attached hydrogens (tertiary/aromatic N) is 2. The van der Waals surface area contributed by atoms with E-state index in [2.05, 4.69) is 10.4 Å². The monoisotopic (exact) mass is 405 g/mol. The lowest BCUT2D eigenvalue weighted by Crippen LogP contribution is -2.15. The number of nitrogens with one attached hydrogen (secondary N) is 1. The van der Waals surface area contributed by atoms with Crippen molar-refractivity contribution in [1.29, 1.82) is 0 Å². The highest BCUT2D eigenvalue weighted by Crippen LogP contribution is 2.44. The molecule has 0 fully saturated rings. The van der Waals surface area contributed by atoms with Crippen LogP contribution in [0, 0.1) is 18.6 Å². The highest BCUT2D eigenvalue weighted by molar-refractivity contribution is 8.00. The Balaban J connectivity index is 1.90.